The van der Waals surface area contributed by atoms with Gasteiger partial charge in [-0.1, -0.05) is 18.2 Å². The Hall–Kier alpha value is -1.14. The van der Waals surface area contributed by atoms with Crippen molar-refractivity contribution in [3.8, 4) is 5.75 Å². The van der Waals surface area contributed by atoms with Crippen LogP contribution < -0.4 is 10.1 Å². The standard InChI is InChI=1S/C14H15IN2O/c1-16-13(10-6-3-4-7-11(10)15)14-12(18-2)8-5-9-17-14/h3-9,13,16H,1-2H3. The maximum absolute atomic E-state index is 5.38. The zero-order valence-electron chi connectivity index (χ0n) is 10.4. The Morgan fingerprint density at radius 2 is 2.00 bits per heavy atom. The molecule has 0 fully saturated rings. The molecule has 0 aliphatic carbocycles. The minimum Gasteiger partial charge on any atom is -0.495 e. The van der Waals surface area contributed by atoms with Crippen LogP contribution >= 0.6 is 22.6 Å². The van der Waals surface area contributed by atoms with Crippen molar-refractivity contribution >= 4 is 22.6 Å². The SMILES string of the molecule is CNC(c1ccccc1I)c1ncccc1OC. The van der Waals surface area contributed by atoms with Crippen LogP contribution in [0.25, 0.3) is 0 Å². The molecular formula is C14H15IN2O. The molecule has 1 unspecified atom stereocenters. The molecule has 0 bridgehead atoms. The van der Waals surface area contributed by atoms with Gasteiger partial charge in [0.15, 0.2) is 0 Å². The Bertz CT molecular complexity index is 531. The summed E-state index contributed by atoms with van der Waals surface area (Å²) in [6.07, 6.45) is 1.79. The summed E-state index contributed by atoms with van der Waals surface area (Å²) in [5.74, 6) is 0.802. The molecular weight excluding hydrogens is 339 g/mol. The van der Waals surface area contributed by atoms with Gasteiger partial charge in [0, 0.05) is 9.77 Å². The fourth-order valence-corrected chi connectivity index (χ4v) is 2.64. The fourth-order valence-electron chi connectivity index (χ4n) is 1.94. The average molecular weight is 354 g/mol. The van der Waals surface area contributed by atoms with Crippen LogP contribution in [0.5, 0.6) is 5.75 Å². The summed E-state index contributed by atoms with van der Waals surface area (Å²) in [6.45, 7) is 0. The van der Waals surface area contributed by atoms with Crippen molar-refractivity contribution in [3.63, 3.8) is 0 Å². The third kappa shape index (κ3) is 2.64. The highest BCUT2D eigenvalue weighted by Gasteiger charge is 2.19. The van der Waals surface area contributed by atoms with E-state index < -0.39 is 0 Å². The maximum Gasteiger partial charge on any atom is 0.142 e. The molecule has 1 aromatic carbocycles. The first-order valence-electron chi connectivity index (χ1n) is 5.68. The van der Waals surface area contributed by atoms with E-state index in [1.165, 1.54) is 9.13 Å². The second-order valence-electron chi connectivity index (χ2n) is 3.83. The van der Waals surface area contributed by atoms with Gasteiger partial charge >= 0.3 is 0 Å². The normalized spacial score (nSPS) is 12.2. The lowest BCUT2D eigenvalue weighted by Crippen LogP contribution is -2.20. The zero-order chi connectivity index (χ0) is 13.0. The summed E-state index contributed by atoms with van der Waals surface area (Å²) in [5, 5.41) is 3.30. The van der Waals surface area contributed by atoms with Crippen molar-refractivity contribution < 1.29 is 4.74 Å². The van der Waals surface area contributed by atoms with Gasteiger partial charge in [-0.3, -0.25) is 4.98 Å². The number of nitrogens with one attached hydrogen (secondary N) is 1. The van der Waals surface area contributed by atoms with Crippen molar-refractivity contribution in [2.45, 2.75) is 6.04 Å². The smallest absolute Gasteiger partial charge is 0.142 e. The Balaban J connectivity index is 2.49. The molecule has 2 rings (SSSR count). The molecule has 4 heteroatoms. The van der Waals surface area contributed by atoms with Crippen molar-refractivity contribution in [3.05, 3.63) is 57.4 Å². The van der Waals surface area contributed by atoms with E-state index in [4.69, 9.17) is 4.74 Å². The van der Waals surface area contributed by atoms with Crippen LogP contribution in [0.4, 0.5) is 0 Å². The first-order chi connectivity index (χ1) is 8.77. The molecule has 0 spiro atoms. The van der Waals surface area contributed by atoms with E-state index >= 15 is 0 Å². The largest absolute Gasteiger partial charge is 0.495 e. The number of aromatic nitrogens is 1. The van der Waals surface area contributed by atoms with Crippen LogP contribution in [0.1, 0.15) is 17.3 Å². The van der Waals surface area contributed by atoms with Gasteiger partial charge in [-0.15, -0.1) is 0 Å². The number of ether oxygens (including phenoxy) is 1. The first kappa shape index (κ1) is 13.3. The summed E-state index contributed by atoms with van der Waals surface area (Å²) in [7, 11) is 3.60. The first-order valence-corrected chi connectivity index (χ1v) is 6.76. The molecule has 1 aromatic heterocycles. The van der Waals surface area contributed by atoms with Gasteiger partial charge in [0.2, 0.25) is 0 Å². The lowest BCUT2D eigenvalue weighted by atomic mass is 10.0. The predicted molar refractivity (Wildman–Crippen MR) is 80.9 cm³/mol. The number of rotatable bonds is 4. The molecule has 1 N–H and O–H groups in total. The number of nitrogens with zero attached hydrogens (tertiary/aromatic N) is 1. The average Bonchev–Trinajstić information content (AvgIpc) is 2.42. The van der Waals surface area contributed by atoms with Crippen molar-refractivity contribution in [2.75, 3.05) is 14.2 Å². The molecule has 0 radical (unpaired) electrons. The molecule has 1 heterocycles. The summed E-state index contributed by atoms with van der Waals surface area (Å²) in [4.78, 5) is 4.45. The third-order valence-corrected chi connectivity index (χ3v) is 3.78. The second-order valence-corrected chi connectivity index (χ2v) is 5.00. The van der Waals surface area contributed by atoms with Gasteiger partial charge in [0.05, 0.1) is 13.2 Å². The lowest BCUT2D eigenvalue weighted by Gasteiger charge is -2.19. The number of benzene rings is 1. The van der Waals surface area contributed by atoms with Gasteiger partial charge in [0.25, 0.3) is 0 Å². The molecule has 0 saturated carbocycles. The predicted octanol–water partition coefficient (Wildman–Crippen LogP) is 3.00. The summed E-state index contributed by atoms with van der Waals surface area (Å²) >= 11 is 2.34. The topological polar surface area (TPSA) is 34.2 Å². The summed E-state index contributed by atoms with van der Waals surface area (Å²) < 4.78 is 6.59. The molecule has 0 aliphatic rings. The third-order valence-electron chi connectivity index (χ3n) is 2.80. The Labute approximate surface area is 121 Å². The molecule has 3 nitrogen and oxygen atoms in total. The fraction of sp³-hybridized carbons (Fsp3) is 0.214. The van der Waals surface area contributed by atoms with Crippen molar-refractivity contribution in [1.82, 2.24) is 10.3 Å². The van der Waals surface area contributed by atoms with Gasteiger partial charge in [-0.25, -0.2) is 0 Å². The molecule has 2 aromatic rings. The molecule has 94 valence electrons. The van der Waals surface area contributed by atoms with Crippen LogP contribution in [0.2, 0.25) is 0 Å². The highest BCUT2D eigenvalue weighted by atomic mass is 127. The van der Waals surface area contributed by atoms with Gasteiger partial charge in [0.1, 0.15) is 11.4 Å². The van der Waals surface area contributed by atoms with E-state index in [1.807, 2.05) is 31.3 Å². The lowest BCUT2D eigenvalue weighted by molar-refractivity contribution is 0.401. The Morgan fingerprint density at radius 3 is 2.67 bits per heavy atom. The molecule has 0 aliphatic heterocycles. The minimum absolute atomic E-state index is 0.0363. The molecule has 1 atom stereocenters. The van der Waals surface area contributed by atoms with Crippen molar-refractivity contribution in [2.24, 2.45) is 0 Å². The van der Waals surface area contributed by atoms with Crippen LogP contribution in [-0.4, -0.2) is 19.1 Å². The molecule has 0 saturated heterocycles. The summed E-state index contributed by atoms with van der Waals surface area (Å²) in [5.41, 5.74) is 2.12. The van der Waals surface area contributed by atoms with Crippen LogP contribution in [0.15, 0.2) is 42.6 Å². The van der Waals surface area contributed by atoms with Gasteiger partial charge in [-0.05, 0) is 53.4 Å². The Kier molecular flexibility index (Phi) is 4.54. The van der Waals surface area contributed by atoms with Crippen LogP contribution in [0.3, 0.4) is 0 Å². The van der Waals surface area contributed by atoms with E-state index in [2.05, 4.69) is 45.0 Å². The van der Waals surface area contributed by atoms with Crippen LogP contribution in [-0.2, 0) is 0 Å². The van der Waals surface area contributed by atoms with E-state index in [-0.39, 0.29) is 6.04 Å². The number of halogens is 1. The number of pyridine rings is 1. The molecule has 0 amide bonds. The van der Waals surface area contributed by atoms with E-state index in [9.17, 15) is 0 Å². The van der Waals surface area contributed by atoms with E-state index in [0.717, 1.165) is 11.4 Å². The van der Waals surface area contributed by atoms with E-state index in [0.29, 0.717) is 0 Å². The van der Waals surface area contributed by atoms with E-state index in [1.54, 1.807) is 13.3 Å². The number of hydrogen-bond donors (Lipinski definition) is 1. The minimum atomic E-state index is 0.0363. The summed E-state index contributed by atoms with van der Waals surface area (Å²) in [6, 6.07) is 12.1. The highest BCUT2D eigenvalue weighted by Crippen LogP contribution is 2.29. The number of hydrogen-bond acceptors (Lipinski definition) is 3. The maximum atomic E-state index is 5.38. The van der Waals surface area contributed by atoms with Crippen LogP contribution in [0, 0.1) is 3.57 Å². The zero-order valence-corrected chi connectivity index (χ0v) is 12.5. The monoisotopic (exact) mass is 354 g/mol. The highest BCUT2D eigenvalue weighted by molar-refractivity contribution is 14.1. The van der Waals surface area contributed by atoms with Crippen molar-refractivity contribution in [1.29, 1.82) is 0 Å². The molecule has 18 heavy (non-hydrogen) atoms. The quantitative estimate of drug-likeness (QED) is 0.858. The van der Waals surface area contributed by atoms with Gasteiger partial charge in [-0.2, -0.15) is 0 Å². The van der Waals surface area contributed by atoms with Gasteiger partial charge < -0.3 is 10.1 Å². The Morgan fingerprint density at radius 1 is 1.22 bits per heavy atom. The number of methoxy groups -OCH3 is 1. The second kappa shape index (κ2) is 6.15.